The topological polar surface area (TPSA) is 18.5 Å². The predicted molar refractivity (Wildman–Crippen MR) is 64.2 cm³/mol. The summed E-state index contributed by atoms with van der Waals surface area (Å²) < 4.78 is 11.6. The number of hydrogen-bond acceptors (Lipinski definition) is 2. The quantitative estimate of drug-likeness (QED) is 0.722. The van der Waals surface area contributed by atoms with Crippen molar-refractivity contribution in [1.82, 2.24) is 0 Å². The first-order chi connectivity index (χ1) is 7.49. The Hall–Kier alpha value is -0.860. The molecule has 2 nitrogen and oxygen atoms in total. The number of hydrogen-bond donors (Lipinski definition) is 0. The van der Waals surface area contributed by atoms with Crippen molar-refractivity contribution in [1.29, 1.82) is 0 Å². The second kappa shape index (κ2) is 4.19. The molecule has 1 heterocycles. The molecule has 1 aliphatic heterocycles. The highest BCUT2D eigenvalue weighted by Crippen LogP contribution is 2.36. The highest BCUT2D eigenvalue weighted by molar-refractivity contribution is 5.26. The number of benzene rings is 1. The first-order valence-electron chi connectivity index (χ1n) is 5.90. The molecule has 0 unspecified atom stereocenters. The van der Waals surface area contributed by atoms with Gasteiger partial charge in [-0.1, -0.05) is 29.8 Å². The van der Waals surface area contributed by atoms with E-state index < -0.39 is 0 Å². The summed E-state index contributed by atoms with van der Waals surface area (Å²) in [4.78, 5) is 0. The van der Waals surface area contributed by atoms with Crippen molar-refractivity contribution < 1.29 is 9.47 Å². The molecule has 0 aromatic heterocycles. The summed E-state index contributed by atoms with van der Waals surface area (Å²) in [7, 11) is 0. The lowest BCUT2D eigenvalue weighted by Gasteiger charge is -2.41. The third-order valence-electron chi connectivity index (χ3n) is 3.19. The summed E-state index contributed by atoms with van der Waals surface area (Å²) in [5.41, 5.74) is 2.30. The lowest BCUT2D eigenvalue weighted by Crippen LogP contribution is -2.41. The summed E-state index contributed by atoms with van der Waals surface area (Å²) in [6.45, 7) is 8.31. The number of rotatable bonds is 1. The normalized spacial score (nSPS) is 35.0. The average Bonchev–Trinajstić information content (AvgIpc) is 2.16. The molecule has 88 valence electrons. The Morgan fingerprint density at radius 3 is 2.38 bits per heavy atom. The van der Waals surface area contributed by atoms with Crippen LogP contribution in [-0.2, 0) is 15.1 Å². The van der Waals surface area contributed by atoms with Crippen LogP contribution in [0.2, 0.25) is 0 Å². The van der Waals surface area contributed by atoms with Gasteiger partial charge in [-0.2, -0.15) is 0 Å². The number of ether oxygens (including phenoxy) is 2. The van der Waals surface area contributed by atoms with Gasteiger partial charge in [0.15, 0.2) is 6.29 Å². The molecule has 16 heavy (non-hydrogen) atoms. The summed E-state index contributed by atoms with van der Waals surface area (Å²) in [6, 6.07) is 8.57. The van der Waals surface area contributed by atoms with Crippen LogP contribution in [0.25, 0.3) is 0 Å². The van der Waals surface area contributed by atoms with Crippen molar-refractivity contribution in [2.45, 2.75) is 52.1 Å². The third-order valence-corrected chi connectivity index (χ3v) is 3.19. The maximum atomic E-state index is 5.95. The van der Waals surface area contributed by atoms with Gasteiger partial charge in [0.1, 0.15) is 0 Å². The highest BCUT2D eigenvalue weighted by Gasteiger charge is 2.36. The molecule has 0 amide bonds. The van der Waals surface area contributed by atoms with Crippen molar-refractivity contribution in [2.75, 3.05) is 0 Å². The van der Waals surface area contributed by atoms with Gasteiger partial charge in [-0.15, -0.1) is 0 Å². The molecule has 2 rings (SSSR count). The van der Waals surface area contributed by atoms with E-state index in [9.17, 15) is 0 Å². The Morgan fingerprint density at radius 2 is 1.81 bits per heavy atom. The lowest BCUT2D eigenvalue weighted by atomic mass is 9.88. The zero-order valence-electron chi connectivity index (χ0n) is 10.5. The molecule has 1 aliphatic rings. The third kappa shape index (κ3) is 2.28. The van der Waals surface area contributed by atoms with E-state index in [-0.39, 0.29) is 18.0 Å². The van der Waals surface area contributed by atoms with Crippen LogP contribution in [0.5, 0.6) is 0 Å². The highest BCUT2D eigenvalue weighted by atomic mass is 16.7. The van der Waals surface area contributed by atoms with Gasteiger partial charge in [-0.05, 0) is 33.3 Å². The first kappa shape index (κ1) is 11.6. The maximum Gasteiger partial charge on any atom is 0.156 e. The number of aryl methyl sites for hydroxylation is 1. The summed E-state index contributed by atoms with van der Waals surface area (Å²) in [5.74, 6) is 0. The van der Waals surface area contributed by atoms with Crippen LogP contribution in [-0.4, -0.2) is 12.4 Å². The smallest absolute Gasteiger partial charge is 0.156 e. The molecule has 0 spiro atoms. The molecular formula is C14H20O2. The van der Waals surface area contributed by atoms with Crippen LogP contribution >= 0.6 is 0 Å². The zero-order valence-corrected chi connectivity index (χ0v) is 10.5. The van der Waals surface area contributed by atoms with E-state index in [1.807, 2.05) is 6.92 Å². The minimum atomic E-state index is -0.217. The summed E-state index contributed by atoms with van der Waals surface area (Å²) >= 11 is 0. The van der Waals surface area contributed by atoms with Crippen LogP contribution in [0.3, 0.4) is 0 Å². The largest absolute Gasteiger partial charge is 0.350 e. The van der Waals surface area contributed by atoms with Crippen molar-refractivity contribution in [3.63, 3.8) is 0 Å². The van der Waals surface area contributed by atoms with Crippen LogP contribution < -0.4 is 0 Å². The van der Waals surface area contributed by atoms with E-state index in [1.54, 1.807) is 0 Å². The Morgan fingerprint density at radius 1 is 1.19 bits per heavy atom. The van der Waals surface area contributed by atoms with Gasteiger partial charge >= 0.3 is 0 Å². The summed E-state index contributed by atoms with van der Waals surface area (Å²) in [6.07, 6.45) is 1.02. The van der Waals surface area contributed by atoms with Crippen molar-refractivity contribution in [3.8, 4) is 0 Å². The molecule has 0 saturated carbocycles. The van der Waals surface area contributed by atoms with Crippen molar-refractivity contribution in [2.24, 2.45) is 0 Å². The van der Waals surface area contributed by atoms with Crippen LogP contribution in [0.1, 0.15) is 38.3 Å². The fourth-order valence-electron chi connectivity index (χ4n) is 2.46. The molecule has 1 aromatic rings. The van der Waals surface area contributed by atoms with Crippen molar-refractivity contribution in [3.05, 3.63) is 35.4 Å². The summed E-state index contributed by atoms with van der Waals surface area (Å²) in [5, 5.41) is 0. The van der Waals surface area contributed by atoms with Crippen LogP contribution in [0.4, 0.5) is 0 Å². The molecule has 1 aromatic carbocycles. The second-order valence-electron chi connectivity index (χ2n) is 4.93. The average molecular weight is 220 g/mol. The maximum absolute atomic E-state index is 5.95. The van der Waals surface area contributed by atoms with Gasteiger partial charge in [0.25, 0.3) is 0 Å². The van der Waals surface area contributed by atoms with Crippen molar-refractivity contribution >= 4 is 0 Å². The fourth-order valence-corrected chi connectivity index (χ4v) is 2.46. The molecule has 1 fully saturated rings. The SMILES string of the molecule is Cc1ccc([C@]2(C)C[C@H](C)O[C@H](C)O2)cc1. The van der Waals surface area contributed by atoms with Gasteiger partial charge in [0.05, 0.1) is 11.7 Å². The van der Waals surface area contributed by atoms with Crippen LogP contribution in [0.15, 0.2) is 24.3 Å². The van der Waals surface area contributed by atoms with E-state index in [4.69, 9.17) is 9.47 Å². The standard InChI is InChI=1S/C14H20O2/c1-10-5-7-13(8-6-10)14(4)9-11(2)15-12(3)16-14/h5-8,11-12H,9H2,1-4H3/t11-,12-,14-/m0/s1. The molecule has 0 aliphatic carbocycles. The van der Waals surface area contributed by atoms with E-state index in [1.165, 1.54) is 11.1 Å². The zero-order chi connectivity index (χ0) is 11.8. The molecule has 0 bridgehead atoms. The van der Waals surface area contributed by atoms with E-state index in [0.717, 1.165) is 6.42 Å². The minimum Gasteiger partial charge on any atom is -0.350 e. The van der Waals surface area contributed by atoms with E-state index >= 15 is 0 Å². The van der Waals surface area contributed by atoms with Gasteiger partial charge in [-0.3, -0.25) is 0 Å². The van der Waals surface area contributed by atoms with Gasteiger partial charge in [0, 0.05) is 6.42 Å². The Balaban J connectivity index is 2.26. The van der Waals surface area contributed by atoms with Crippen LogP contribution in [0, 0.1) is 6.92 Å². The molecule has 2 heteroatoms. The van der Waals surface area contributed by atoms with Gasteiger partial charge in [-0.25, -0.2) is 0 Å². The fraction of sp³-hybridized carbons (Fsp3) is 0.571. The molecule has 1 saturated heterocycles. The Bertz CT molecular complexity index is 346. The van der Waals surface area contributed by atoms with Gasteiger partial charge in [0.2, 0.25) is 0 Å². The molecular weight excluding hydrogens is 200 g/mol. The van der Waals surface area contributed by atoms with Gasteiger partial charge < -0.3 is 9.47 Å². The Kier molecular flexibility index (Phi) is 3.04. The predicted octanol–water partition coefficient (Wildman–Crippen LogP) is 3.38. The second-order valence-corrected chi connectivity index (χ2v) is 4.93. The minimum absolute atomic E-state index is 0.130. The molecule has 3 atom stereocenters. The molecule has 0 radical (unpaired) electrons. The lowest BCUT2D eigenvalue weighted by molar-refractivity contribution is -0.270. The van der Waals surface area contributed by atoms with E-state index in [0.29, 0.717) is 0 Å². The first-order valence-corrected chi connectivity index (χ1v) is 5.90. The monoisotopic (exact) mass is 220 g/mol. The Labute approximate surface area is 97.6 Å². The van der Waals surface area contributed by atoms with E-state index in [2.05, 4.69) is 45.0 Å². The molecule has 0 N–H and O–H groups in total.